The van der Waals surface area contributed by atoms with Gasteiger partial charge in [-0.15, -0.1) is 0 Å². The molecule has 1 aromatic heterocycles. The van der Waals surface area contributed by atoms with Crippen LogP contribution in [0, 0.1) is 0 Å². The van der Waals surface area contributed by atoms with Gasteiger partial charge in [0.15, 0.2) is 0 Å². The van der Waals surface area contributed by atoms with Gasteiger partial charge in [0.2, 0.25) is 0 Å². The van der Waals surface area contributed by atoms with Gasteiger partial charge in [-0.1, -0.05) is 47.8 Å². The molecule has 0 radical (unpaired) electrons. The average molecular weight is 392 g/mol. The van der Waals surface area contributed by atoms with Gasteiger partial charge in [-0.05, 0) is 56.5 Å². The highest BCUT2D eigenvalue weighted by Gasteiger charge is 1.81. The van der Waals surface area contributed by atoms with E-state index in [0.29, 0.717) is 6.61 Å². The second kappa shape index (κ2) is 43.9. The van der Waals surface area contributed by atoms with Crippen molar-refractivity contribution in [2.24, 2.45) is 5.90 Å². The molecule has 0 aliphatic rings. The lowest BCUT2D eigenvalue weighted by Gasteiger charge is -1.91. The minimum absolute atomic E-state index is 0. The lowest BCUT2D eigenvalue weighted by atomic mass is 10.2. The van der Waals surface area contributed by atoms with Gasteiger partial charge in [0, 0.05) is 12.4 Å². The summed E-state index contributed by atoms with van der Waals surface area (Å²) in [5, 5.41) is 10.5. The fourth-order valence-electron chi connectivity index (χ4n) is 1.08. The zero-order valence-corrected chi connectivity index (χ0v) is 17.9. The van der Waals surface area contributed by atoms with E-state index in [1.807, 2.05) is 31.7 Å². The van der Waals surface area contributed by atoms with E-state index in [9.17, 15) is 0 Å². The van der Waals surface area contributed by atoms with Crippen LogP contribution in [0.2, 0.25) is 0 Å². The van der Waals surface area contributed by atoms with E-state index in [2.05, 4.69) is 54.5 Å². The Morgan fingerprint density at radius 1 is 1.27 bits per heavy atom. The summed E-state index contributed by atoms with van der Waals surface area (Å²) in [6, 6.07) is 4.03. The van der Waals surface area contributed by atoms with Crippen LogP contribution < -0.4 is 11.2 Å². The van der Waals surface area contributed by atoms with E-state index >= 15 is 0 Å². The maximum atomic E-state index is 7.33. The van der Waals surface area contributed by atoms with Crippen LogP contribution in [-0.4, -0.2) is 42.3 Å². The van der Waals surface area contributed by atoms with Crippen molar-refractivity contribution in [1.29, 1.82) is 0 Å². The van der Waals surface area contributed by atoms with Crippen molar-refractivity contribution in [2.75, 3.05) is 32.2 Å². The largest absolute Gasteiger partial charge is 0.516 e. The first kappa shape index (κ1) is 35.9. The maximum Gasteiger partial charge on any atom is 0.0719 e. The molecule has 0 fully saturated rings. The molecule has 4 N–H and O–H groups in total. The van der Waals surface area contributed by atoms with Gasteiger partial charge in [-0.3, -0.25) is 4.98 Å². The van der Waals surface area contributed by atoms with E-state index in [4.69, 9.17) is 5.11 Å². The molecular formula is C20H45N3O2S. The molecule has 26 heavy (non-hydrogen) atoms. The van der Waals surface area contributed by atoms with Gasteiger partial charge in [0.25, 0.3) is 0 Å². The summed E-state index contributed by atoms with van der Waals surface area (Å²) >= 11 is 1.75. The fourth-order valence-corrected chi connectivity index (χ4v) is 1.08. The Balaban J connectivity index is -0.0000000741. The summed E-state index contributed by atoms with van der Waals surface area (Å²) < 4.78 is 0. The molecule has 1 aromatic rings. The second-order valence-electron chi connectivity index (χ2n) is 4.53. The zero-order chi connectivity index (χ0) is 20.2. The van der Waals surface area contributed by atoms with Crippen molar-refractivity contribution < 1.29 is 9.94 Å². The van der Waals surface area contributed by atoms with Crippen LogP contribution >= 0.6 is 11.8 Å². The number of aliphatic hydroxyl groups is 1. The number of thioether (sulfide) groups is 1. The molecule has 0 aliphatic heterocycles. The van der Waals surface area contributed by atoms with Crippen LogP contribution in [0.1, 0.15) is 53.5 Å². The summed E-state index contributed by atoms with van der Waals surface area (Å²) in [6.45, 7) is 14.3. The Labute approximate surface area is 167 Å². The van der Waals surface area contributed by atoms with E-state index in [-0.39, 0.29) is 7.43 Å². The van der Waals surface area contributed by atoms with Gasteiger partial charge in [0.1, 0.15) is 0 Å². The van der Waals surface area contributed by atoms with Crippen molar-refractivity contribution in [3.63, 3.8) is 0 Å². The number of rotatable bonds is 6. The number of hydrogen-bond acceptors (Lipinski definition) is 6. The molecule has 0 atom stereocenters. The topological polar surface area (TPSA) is 80.4 Å². The lowest BCUT2D eigenvalue weighted by molar-refractivity contribution is 0.138. The van der Waals surface area contributed by atoms with Crippen molar-refractivity contribution in [2.45, 2.75) is 54.4 Å². The molecule has 0 aliphatic carbocycles. The highest BCUT2D eigenvalue weighted by Crippen LogP contribution is 1.93. The lowest BCUT2D eigenvalue weighted by Crippen LogP contribution is -2.12. The highest BCUT2D eigenvalue weighted by molar-refractivity contribution is 7.97. The third kappa shape index (κ3) is 56.8. The Hall–Kier alpha value is -1.08. The summed E-state index contributed by atoms with van der Waals surface area (Å²) in [5.74, 6) is 4.64. The first-order chi connectivity index (χ1) is 12.1. The quantitative estimate of drug-likeness (QED) is 0.349. The van der Waals surface area contributed by atoms with Crippen molar-refractivity contribution in [3.8, 4) is 0 Å². The minimum atomic E-state index is 0. The highest BCUT2D eigenvalue weighted by atomic mass is 32.2. The Morgan fingerprint density at radius 2 is 1.81 bits per heavy atom. The fraction of sp³-hybridized carbons (Fsp3) is 0.650. The molecule has 1 rings (SSSR count). The number of nitrogens with two attached hydrogens (primary N) is 1. The van der Waals surface area contributed by atoms with E-state index < -0.39 is 0 Å². The van der Waals surface area contributed by atoms with Crippen molar-refractivity contribution in [1.82, 2.24) is 10.3 Å². The number of aliphatic hydroxyl groups excluding tert-OH is 1. The third-order valence-corrected chi connectivity index (χ3v) is 2.13. The van der Waals surface area contributed by atoms with Crippen molar-refractivity contribution >= 4 is 11.8 Å². The molecule has 1 heterocycles. The number of nitrogens with one attached hydrogen (secondary N) is 1. The predicted molar refractivity (Wildman–Crippen MR) is 122 cm³/mol. The van der Waals surface area contributed by atoms with Crippen LogP contribution in [0.4, 0.5) is 0 Å². The number of aromatic nitrogens is 1. The molecule has 0 aromatic carbocycles. The number of nitrogens with zero attached hydrogens (tertiary/aromatic N) is 1. The van der Waals surface area contributed by atoms with Crippen LogP contribution in [-0.2, 0) is 11.3 Å². The normalized spacial score (nSPS) is 7.65. The first-order valence-electron chi connectivity index (χ1n) is 8.66. The predicted octanol–water partition coefficient (Wildman–Crippen LogP) is 5.24. The summed E-state index contributed by atoms with van der Waals surface area (Å²) in [7, 11) is 0. The number of hydrogen-bond donors (Lipinski definition) is 3. The maximum absolute atomic E-state index is 7.33. The molecule has 6 heteroatoms. The second-order valence-corrected chi connectivity index (χ2v) is 5.35. The standard InChI is InChI=1S/C7H9N.C5H13N.C3H9NO.C2H4O.C2H6S.CH4/c1-2-7-4-3-5-8-6-7;1-3-5-6-4-2;1-2-3-5-4;1-2-3;1-3-2;/h3-6H,2H2,1H3;6H,3-5H2,1-2H3;2-4H2,1H3;2-3H,1H2;1-2H3;1H4. The smallest absolute Gasteiger partial charge is 0.0719 e. The molecule has 0 saturated carbocycles. The average Bonchev–Trinajstić information content (AvgIpc) is 2.64. The van der Waals surface area contributed by atoms with Gasteiger partial charge in [0.05, 0.1) is 12.9 Å². The Kier molecular flexibility index (Phi) is 60.7. The first-order valence-corrected chi connectivity index (χ1v) is 10.3. The molecule has 0 spiro atoms. The number of aryl methyl sites for hydroxylation is 1. The SMILES string of the molecule is C.C=CO.CCCNCC.CCCON.CCc1cccnc1.CSC. The van der Waals surface area contributed by atoms with Gasteiger partial charge >= 0.3 is 0 Å². The van der Waals surface area contributed by atoms with Crippen molar-refractivity contribution in [3.05, 3.63) is 42.9 Å². The van der Waals surface area contributed by atoms with Gasteiger partial charge in [-0.2, -0.15) is 11.8 Å². The van der Waals surface area contributed by atoms with Gasteiger partial charge in [-0.25, -0.2) is 5.90 Å². The van der Waals surface area contributed by atoms with Gasteiger partial charge < -0.3 is 15.3 Å². The molecule has 0 bridgehead atoms. The summed E-state index contributed by atoms with van der Waals surface area (Å²) in [6.07, 6.45) is 11.8. The summed E-state index contributed by atoms with van der Waals surface area (Å²) in [5.41, 5.74) is 1.30. The van der Waals surface area contributed by atoms with Crippen LogP contribution in [0.25, 0.3) is 0 Å². The molecule has 0 saturated heterocycles. The number of pyridine rings is 1. The molecular weight excluding hydrogens is 346 g/mol. The summed E-state index contributed by atoms with van der Waals surface area (Å²) in [4.78, 5) is 8.15. The Bertz CT molecular complexity index is 296. The van der Waals surface area contributed by atoms with Crippen LogP contribution in [0.3, 0.4) is 0 Å². The molecule has 158 valence electrons. The zero-order valence-electron chi connectivity index (χ0n) is 17.1. The van der Waals surface area contributed by atoms with Crippen LogP contribution in [0.15, 0.2) is 37.4 Å². The Morgan fingerprint density at radius 3 is 1.96 bits per heavy atom. The van der Waals surface area contributed by atoms with E-state index in [1.54, 1.807) is 18.0 Å². The van der Waals surface area contributed by atoms with E-state index in [1.165, 1.54) is 12.0 Å². The molecule has 5 nitrogen and oxygen atoms in total. The minimum Gasteiger partial charge on any atom is -0.516 e. The monoisotopic (exact) mass is 391 g/mol. The van der Waals surface area contributed by atoms with Crippen LogP contribution in [0.5, 0.6) is 0 Å². The molecule has 0 unspecified atom stereocenters. The third-order valence-electron chi connectivity index (χ3n) is 2.13. The van der Waals surface area contributed by atoms with E-state index in [0.717, 1.165) is 32.2 Å². The molecule has 0 amide bonds.